The van der Waals surface area contributed by atoms with E-state index in [0.29, 0.717) is 0 Å². The van der Waals surface area contributed by atoms with E-state index in [1.165, 1.54) is 0 Å². The molecule has 2 rings (SSSR count). The van der Waals surface area contributed by atoms with Crippen LogP contribution < -0.4 is 10.6 Å². The third-order valence-electron chi connectivity index (χ3n) is 2.06. The van der Waals surface area contributed by atoms with Gasteiger partial charge in [0, 0.05) is 49.1 Å². The van der Waals surface area contributed by atoms with Gasteiger partial charge in [-0.15, -0.1) is 0 Å². The maximum Gasteiger partial charge on any atom is 0.323 e. The predicted octanol–water partition coefficient (Wildman–Crippen LogP) is 2.95. The second kappa shape index (κ2) is 7.33. The Morgan fingerprint density at radius 1 is 0.706 bits per heavy atom. The normalized spacial score (nSPS) is 8.94. The summed E-state index contributed by atoms with van der Waals surface area (Å²) in [5.74, 6) is 0. The summed E-state index contributed by atoms with van der Waals surface area (Å²) in [6.07, 6.45) is 0. The zero-order valence-electron chi connectivity index (χ0n) is 9.39. The number of hydrogen-bond acceptors (Lipinski definition) is 1. The van der Waals surface area contributed by atoms with Crippen molar-refractivity contribution in [1.82, 2.24) is 0 Å². The molecule has 2 N–H and O–H groups in total. The Morgan fingerprint density at radius 2 is 1.06 bits per heavy atom. The van der Waals surface area contributed by atoms with Crippen LogP contribution in [-0.2, 0) is 0 Å². The summed E-state index contributed by atoms with van der Waals surface area (Å²) >= 11 is 0. The number of urea groups is 1. The molecule has 2 amide bonds. The first-order valence-corrected chi connectivity index (χ1v) is 5.03. The molecule has 0 spiro atoms. The molecule has 2 aromatic carbocycles. The molecule has 0 heterocycles. The summed E-state index contributed by atoms with van der Waals surface area (Å²) < 4.78 is 0. The van der Waals surface area contributed by atoms with E-state index in [2.05, 4.69) is 10.6 Å². The zero-order chi connectivity index (χ0) is 11.2. The quantitative estimate of drug-likeness (QED) is 0.793. The molecule has 0 bridgehead atoms. The zero-order valence-corrected chi connectivity index (χ0v) is 11.6. The van der Waals surface area contributed by atoms with Crippen molar-refractivity contribution in [3.8, 4) is 0 Å². The van der Waals surface area contributed by atoms with Gasteiger partial charge in [0.05, 0.1) is 0 Å². The van der Waals surface area contributed by atoms with Crippen molar-refractivity contribution >= 4 is 55.1 Å². The van der Waals surface area contributed by atoms with E-state index in [1.807, 2.05) is 60.7 Å². The van der Waals surface area contributed by atoms with Crippen LogP contribution >= 0.6 is 0 Å². The summed E-state index contributed by atoms with van der Waals surface area (Å²) in [4.78, 5) is 11.6. The molecular weight excluding hydrogens is 240 g/mol. The number of benzene rings is 2. The first-order chi connectivity index (χ1) is 7.84. The van der Waals surface area contributed by atoms with Crippen LogP contribution in [0.1, 0.15) is 0 Å². The van der Waals surface area contributed by atoms with E-state index in [9.17, 15) is 4.79 Å². The van der Waals surface area contributed by atoms with E-state index in [1.54, 1.807) is 0 Å². The molecule has 0 aromatic heterocycles. The van der Waals surface area contributed by atoms with Crippen molar-refractivity contribution in [2.24, 2.45) is 0 Å². The number of carbonyl (C=O) groups is 1. The molecule has 0 saturated heterocycles. The minimum absolute atomic E-state index is 0. The molecule has 0 aliphatic rings. The molecule has 0 unspecified atom stereocenters. The SMILES string of the molecule is O=C(Nc1ccccc1)Nc1ccccc1.[Ca]. The predicted molar refractivity (Wildman–Crippen MR) is 71.3 cm³/mol. The fourth-order valence-electron chi connectivity index (χ4n) is 1.34. The largest absolute Gasteiger partial charge is 0.323 e. The van der Waals surface area contributed by atoms with E-state index in [4.69, 9.17) is 0 Å². The number of anilines is 2. The monoisotopic (exact) mass is 252 g/mol. The average Bonchev–Trinajstić information content (AvgIpc) is 2.31. The molecule has 2 aromatic rings. The third kappa shape index (κ3) is 4.77. The number of amides is 2. The molecule has 17 heavy (non-hydrogen) atoms. The summed E-state index contributed by atoms with van der Waals surface area (Å²) in [5.41, 5.74) is 1.55. The second-order valence-corrected chi connectivity index (χ2v) is 3.31. The maximum absolute atomic E-state index is 11.6. The number of hydrogen-bond donors (Lipinski definition) is 2. The molecule has 0 atom stereocenters. The number of carbonyl (C=O) groups excluding carboxylic acids is 1. The Bertz CT molecular complexity index is 416. The molecule has 4 heteroatoms. The summed E-state index contributed by atoms with van der Waals surface area (Å²) in [5, 5.41) is 5.48. The molecular formula is C13H12CaN2O. The van der Waals surface area contributed by atoms with Crippen molar-refractivity contribution in [3.05, 3.63) is 60.7 Å². The standard InChI is InChI=1S/C13H12N2O.Ca/c16-13(14-11-7-3-1-4-8-11)15-12-9-5-2-6-10-12;/h1-10H,(H2,14,15,16);. The van der Waals surface area contributed by atoms with Crippen LogP contribution in [0.15, 0.2) is 60.7 Å². The van der Waals surface area contributed by atoms with Crippen LogP contribution in [-0.4, -0.2) is 43.8 Å². The van der Waals surface area contributed by atoms with Gasteiger partial charge in [0.25, 0.3) is 0 Å². The van der Waals surface area contributed by atoms with E-state index in [-0.39, 0.29) is 43.8 Å². The van der Waals surface area contributed by atoms with Gasteiger partial charge in [-0.2, -0.15) is 0 Å². The van der Waals surface area contributed by atoms with Crippen LogP contribution in [0.4, 0.5) is 16.2 Å². The fourth-order valence-corrected chi connectivity index (χ4v) is 1.34. The maximum atomic E-state index is 11.6. The fraction of sp³-hybridized carbons (Fsp3) is 0. The number of rotatable bonds is 2. The van der Waals surface area contributed by atoms with Crippen LogP contribution in [0, 0.1) is 0 Å². The van der Waals surface area contributed by atoms with Crippen molar-refractivity contribution in [2.75, 3.05) is 10.6 Å². The molecule has 0 aliphatic heterocycles. The summed E-state index contributed by atoms with van der Waals surface area (Å²) in [6.45, 7) is 0. The van der Waals surface area contributed by atoms with Gasteiger partial charge in [0.1, 0.15) is 0 Å². The van der Waals surface area contributed by atoms with Crippen LogP contribution in [0.2, 0.25) is 0 Å². The van der Waals surface area contributed by atoms with Gasteiger partial charge < -0.3 is 10.6 Å². The second-order valence-electron chi connectivity index (χ2n) is 3.31. The van der Waals surface area contributed by atoms with E-state index < -0.39 is 0 Å². The van der Waals surface area contributed by atoms with Crippen LogP contribution in [0.25, 0.3) is 0 Å². The number of nitrogens with one attached hydrogen (secondary N) is 2. The van der Waals surface area contributed by atoms with Crippen LogP contribution in [0.3, 0.4) is 0 Å². The van der Waals surface area contributed by atoms with Gasteiger partial charge in [-0.1, -0.05) is 36.4 Å². The molecule has 2 radical (unpaired) electrons. The minimum Gasteiger partial charge on any atom is -0.308 e. The Morgan fingerprint density at radius 3 is 1.41 bits per heavy atom. The van der Waals surface area contributed by atoms with Crippen molar-refractivity contribution < 1.29 is 4.79 Å². The molecule has 0 aliphatic carbocycles. The molecule has 0 saturated carbocycles. The van der Waals surface area contributed by atoms with Gasteiger partial charge in [-0.25, -0.2) is 4.79 Å². The van der Waals surface area contributed by atoms with Crippen molar-refractivity contribution in [1.29, 1.82) is 0 Å². The molecule has 82 valence electrons. The summed E-state index contributed by atoms with van der Waals surface area (Å²) in [7, 11) is 0. The Labute approximate surface area is 130 Å². The van der Waals surface area contributed by atoms with Crippen molar-refractivity contribution in [2.45, 2.75) is 0 Å². The topological polar surface area (TPSA) is 41.1 Å². The average molecular weight is 252 g/mol. The Balaban J connectivity index is 0.00000144. The van der Waals surface area contributed by atoms with Crippen LogP contribution in [0.5, 0.6) is 0 Å². The smallest absolute Gasteiger partial charge is 0.308 e. The Hall–Kier alpha value is -1.03. The first-order valence-electron chi connectivity index (χ1n) is 5.03. The van der Waals surface area contributed by atoms with Gasteiger partial charge in [0.15, 0.2) is 0 Å². The van der Waals surface area contributed by atoms with Gasteiger partial charge >= 0.3 is 6.03 Å². The van der Waals surface area contributed by atoms with Gasteiger partial charge in [-0.05, 0) is 24.3 Å². The minimum atomic E-state index is -0.239. The summed E-state index contributed by atoms with van der Waals surface area (Å²) in [6, 6.07) is 18.4. The third-order valence-corrected chi connectivity index (χ3v) is 2.06. The Kier molecular flexibility index (Phi) is 6.05. The van der Waals surface area contributed by atoms with Crippen molar-refractivity contribution in [3.63, 3.8) is 0 Å². The number of para-hydroxylation sites is 2. The first kappa shape index (κ1) is 14.0. The van der Waals surface area contributed by atoms with E-state index in [0.717, 1.165) is 11.4 Å². The van der Waals surface area contributed by atoms with Gasteiger partial charge in [-0.3, -0.25) is 0 Å². The van der Waals surface area contributed by atoms with E-state index >= 15 is 0 Å². The molecule has 3 nitrogen and oxygen atoms in total. The molecule has 0 fully saturated rings. The van der Waals surface area contributed by atoms with Gasteiger partial charge in [0.2, 0.25) is 0 Å².